The SMILES string of the molecule is Cn1nnc(COc2ccc3c(c2)OC(C)(C)CC3N)n1. The monoisotopic (exact) mass is 289 g/mol. The minimum Gasteiger partial charge on any atom is -0.487 e. The van der Waals surface area contributed by atoms with Crippen molar-refractivity contribution in [1.29, 1.82) is 0 Å². The Balaban J connectivity index is 1.76. The molecule has 7 nitrogen and oxygen atoms in total. The molecule has 1 aliphatic heterocycles. The van der Waals surface area contributed by atoms with Gasteiger partial charge in [0.15, 0.2) is 6.61 Å². The molecule has 2 N–H and O–H groups in total. The van der Waals surface area contributed by atoms with E-state index in [4.69, 9.17) is 15.2 Å². The molecule has 3 rings (SSSR count). The Morgan fingerprint density at radius 2 is 2.29 bits per heavy atom. The van der Waals surface area contributed by atoms with E-state index in [1.54, 1.807) is 7.05 Å². The zero-order valence-corrected chi connectivity index (χ0v) is 12.4. The van der Waals surface area contributed by atoms with Gasteiger partial charge in [0.25, 0.3) is 0 Å². The van der Waals surface area contributed by atoms with E-state index in [0.29, 0.717) is 11.6 Å². The highest BCUT2D eigenvalue weighted by molar-refractivity contribution is 5.44. The number of aromatic nitrogens is 4. The van der Waals surface area contributed by atoms with Crippen LogP contribution in [0.15, 0.2) is 18.2 Å². The lowest BCUT2D eigenvalue weighted by Crippen LogP contribution is -2.37. The Hall–Kier alpha value is -2.15. The lowest BCUT2D eigenvalue weighted by molar-refractivity contribution is 0.0724. The first-order valence-electron chi connectivity index (χ1n) is 6.87. The lowest BCUT2D eigenvalue weighted by atomic mass is 9.90. The first-order valence-corrected chi connectivity index (χ1v) is 6.87. The molecule has 1 aromatic heterocycles. The number of tetrazole rings is 1. The van der Waals surface area contributed by atoms with Gasteiger partial charge in [0.2, 0.25) is 5.82 Å². The molecule has 2 heterocycles. The Morgan fingerprint density at radius 1 is 1.48 bits per heavy atom. The van der Waals surface area contributed by atoms with Crippen LogP contribution in [0, 0.1) is 0 Å². The van der Waals surface area contributed by atoms with Gasteiger partial charge in [0, 0.05) is 24.1 Å². The molecule has 0 saturated heterocycles. The summed E-state index contributed by atoms with van der Waals surface area (Å²) in [4.78, 5) is 1.40. The van der Waals surface area contributed by atoms with E-state index in [1.165, 1.54) is 4.80 Å². The van der Waals surface area contributed by atoms with Crippen molar-refractivity contribution >= 4 is 0 Å². The van der Waals surface area contributed by atoms with Crippen LogP contribution in [0.25, 0.3) is 0 Å². The van der Waals surface area contributed by atoms with Crippen LogP contribution < -0.4 is 15.2 Å². The molecule has 0 aliphatic carbocycles. The van der Waals surface area contributed by atoms with Crippen molar-refractivity contribution in [2.45, 2.75) is 38.5 Å². The standard InChI is InChI=1S/C14H19N5O2/c1-14(2)7-11(15)10-5-4-9(6-12(10)21-14)20-8-13-16-18-19(3)17-13/h4-6,11H,7-8,15H2,1-3H3. The molecule has 1 aromatic carbocycles. The summed E-state index contributed by atoms with van der Waals surface area (Å²) in [5.74, 6) is 2.02. The van der Waals surface area contributed by atoms with Gasteiger partial charge in [-0.15, -0.1) is 10.2 Å². The highest BCUT2D eigenvalue weighted by Crippen LogP contribution is 2.40. The van der Waals surface area contributed by atoms with Crippen LogP contribution in [0.4, 0.5) is 0 Å². The van der Waals surface area contributed by atoms with Crippen molar-refractivity contribution in [3.8, 4) is 11.5 Å². The van der Waals surface area contributed by atoms with Crippen molar-refractivity contribution in [3.05, 3.63) is 29.6 Å². The Bertz CT molecular complexity index is 653. The third-order valence-electron chi connectivity index (χ3n) is 3.40. The fourth-order valence-corrected chi connectivity index (χ4v) is 2.51. The van der Waals surface area contributed by atoms with Gasteiger partial charge in [-0.25, -0.2) is 0 Å². The average Bonchev–Trinajstić information content (AvgIpc) is 2.80. The molecule has 0 bridgehead atoms. The average molecular weight is 289 g/mol. The Kier molecular flexibility index (Phi) is 3.29. The Labute approximate surface area is 123 Å². The Morgan fingerprint density at radius 3 is 3.00 bits per heavy atom. The molecule has 0 amide bonds. The minimum atomic E-state index is -0.266. The van der Waals surface area contributed by atoms with Gasteiger partial charge in [-0.2, -0.15) is 4.80 Å². The van der Waals surface area contributed by atoms with Crippen LogP contribution in [0.3, 0.4) is 0 Å². The summed E-state index contributed by atoms with van der Waals surface area (Å²) in [5, 5.41) is 11.7. The van der Waals surface area contributed by atoms with Gasteiger partial charge >= 0.3 is 0 Å². The van der Waals surface area contributed by atoms with Crippen LogP contribution in [0.5, 0.6) is 11.5 Å². The zero-order valence-electron chi connectivity index (χ0n) is 12.4. The molecule has 2 aromatic rings. The quantitative estimate of drug-likeness (QED) is 0.917. The summed E-state index contributed by atoms with van der Waals surface area (Å²) in [5.41, 5.74) is 6.93. The minimum absolute atomic E-state index is 0.0144. The number of nitrogens with zero attached hydrogens (tertiary/aromatic N) is 4. The smallest absolute Gasteiger partial charge is 0.212 e. The predicted molar refractivity (Wildman–Crippen MR) is 75.8 cm³/mol. The second-order valence-corrected chi connectivity index (χ2v) is 5.86. The fraction of sp³-hybridized carbons (Fsp3) is 0.500. The van der Waals surface area contributed by atoms with Crippen molar-refractivity contribution in [2.75, 3.05) is 0 Å². The molecule has 7 heteroatoms. The van der Waals surface area contributed by atoms with Gasteiger partial charge in [0.1, 0.15) is 17.1 Å². The first kappa shape index (κ1) is 13.8. The van der Waals surface area contributed by atoms with Crippen molar-refractivity contribution in [1.82, 2.24) is 20.2 Å². The maximum atomic E-state index is 6.19. The summed E-state index contributed by atoms with van der Waals surface area (Å²) in [7, 11) is 1.71. The number of benzene rings is 1. The number of hydrogen-bond acceptors (Lipinski definition) is 6. The van der Waals surface area contributed by atoms with Crippen molar-refractivity contribution < 1.29 is 9.47 Å². The van der Waals surface area contributed by atoms with E-state index in [2.05, 4.69) is 15.4 Å². The van der Waals surface area contributed by atoms with E-state index in [0.717, 1.165) is 17.7 Å². The molecular weight excluding hydrogens is 270 g/mol. The van der Waals surface area contributed by atoms with E-state index in [-0.39, 0.29) is 18.2 Å². The number of fused-ring (bicyclic) bond motifs is 1. The molecule has 0 fully saturated rings. The van der Waals surface area contributed by atoms with Crippen LogP contribution in [-0.2, 0) is 13.7 Å². The fourth-order valence-electron chi connectivity index (χ4n) is 2.51. The summed E-state index contributed by atoms with van der Waals surface area (Å²) in [6, 6.07) is 5.69. The lowest BCUT2D eigenvalue weighted by Gasteiger charge is -2.36. The maximum absolute atomic E-state index is 6.19. The van der Waals surface area contributed by atoms with E-state index < -0.39 is 0 Å². The summed E-state index contributed by atoms with van der Waals surface area (Å²) in [6.07, 6.45) is 0.795. The topological polar surface area (TPSA) is 88.1 Å². The predicted octanol–water partition coefficient (Wildman–Crippen LogP) is 1.35. The number of aryl methyl sites for hydroxylation is 1. The van der Waals surface area contributed by atoms with Gasteiger partial charge in [-0.3, -0.25) is 0 Å². The van der Waals surface area contributed by atoms with Crippen LogP contribution >= 0.6 is 0 Å². The third kappa shape index (κ3) is 2.97. The van der Waals surface area contributed by atoms with Gasteiger partial charge in [-0.1, -0.05) is 6.07 Å². The molecule has 0 spiro atoms. The molecule has 0 saturated carbocycles. The first-order chi connectivity index (χ1) is 9.93. The second-order valence-electron chi connectivity index (χ2n) is 5.86. The third-order valence-corrected chi connectivity index (χ3v) is 3.40. The van der Waals surface area contributed by atoms with Gasteiger partial charge in [-0.05, 0) is 25.1 Å². The summed E-state index contributed by atoms with van der Waals surface area (Å²) < 4.78 is 11.7. The molecule has 112 valence electrons. The highest BCUT2D eigenvalue weighted by atomic mass is 16.5. The zero-order chi connectivity index (χ0) is 15.0. The normalized spacial score (nSPS) is 19.7. The van der Waals surface area contributed by atoms with E-state index >= 15 is 0 Å². The molecule has 0 radical (unpaired) electrons. The summed E-state index contributed by atoms with van der Waals surface area (Å²) in [6.45, 7) is 4.34. The summed E-state index contributed by atoms with van der Waals surface area (Å²) >= 11 is 0. The molecule has 21 heavy (non-hydrogen) atoms. The van der Waals surface area contributed by atoms with Crippen molar-refractivity contribution in [2.24, 2.45) is 12.8 Å². The number of ether oxygens (including phenoxy) is 2. The van der Waals surface area contributed by atoms with Crippen LogP contribution in [-0.4, -0.2) is 25.8 Å². The number of nitrogens with two attached hydrogens (primary N) is 1. The number of rotatable bonds is 3. The van der Waals surface area contributed by atoms with Crippen LogP contribution in [0.1, 0.15) is 37.7 Å². The maximum Gasteiger partial charge on any atom is 0.212 e. The molecule has 1 aliphatic rings. The van der Waals surface area contributed by atoms with E-state index in [1.807, 2.05) is 32.0 Å². The largest absolute Gasteiger partial charge is 0.487 e. The molecular formula is C14H19N5O2. The second kappa shape index (κ2) is 5.00. The van der Waals surface area contributed by atoms with Crippen molar-refractivity contribution in [3.63, 3.8) is 0 Å². The van der Waals surface area contributed by atoms with Gasteiger partial charge in [0.05, 0.1) is 7.05 Å². The highest BCUT2D eigenvalue weighted by Gasteiger charge is 2.31. The van der Waals surface area contributed by atoms with E-state index in [9.17, 15) is 0 Å². The van der Waals surface area contributed by atoms with Crippen LogP contribution in [0.2, 0.25) is 0 Å². The molecule has 1 unspecified atom stereocenters. The van der Waals surface area contributed by atoms with Gasteiger partial charge < -0.3 is 15.2 Å². The molecule has 1 atom stereocenters. The number of hydrogen-bond donors (Lipinski definition) is 1.